The Bertz CT molecular complexity index is 144. The Kier molecular flexibility index (Phi) is 2.16. The molecule has 1 aliphatic heterocycles. The van der Waals surface area contributed by atoms with Gasteiger partial charge in [-0.15, -0.1) is 0 Å². The molecule has 0 saturated carbocycles. The molecule has 1 heterocycles. The third-order valence-electron chi connectivity index (χ3n) is 1.09. The van der Waals surface area contributed by atoms with E-state index in [4.69, 9.17) is 4.74 Å². The largest absolute Gasteiger partial charge is 0.464 e. The highest BCUT2D eigenvalue weighted by molar-refractivity contribution is 8.12. The molecule has 0 aromatic carbocycles. The quantitative estimate of drug-likeness (QED) is 0.516. The summed E-state index contributed by atoms with van der Waals surface area (Å²) in [6.45, 7) is 4.34. The van der Waals surface area contributed by atoms with E-state index in [9.17, 15) is 0 Å². The Morgan fingerprint density at radius 1 is 2.00 bits per heavy atom. The van der Waals surface area contributed by atoms with Crippen molar-refractivity contribution in [3.8, 4) is 0 Å². The van der Waals surface area contributed by atoms with Crippen LogP contribution in [-0.4, -0.2) is 24.1 Å². The fraction of sp³-hybridized carbons (Fsp3) is 0.500. The maximum absolute atomic E-state index is 5.25. The molecular weight excluding hydrogens is 134 g/mol. The van der Waals surface area contributed by atoms with Crippen LogP contribution in [0.4, 0.5) is 0 Å². The predicted octanol–water partition coefficient (Wildman–Crippen LogP) is 1.29. The van der Waals surface area contributed by atoms with E-state index in [2.05, 4.69) is 11.6 Å². The molecule has 0 aromatic rings. The van der Waals surface area contributed by atoms with E-state index in [1.54, 1.807) is 6.08 Å². The first kappa shape index (κ1) is 6.68. The number of aliphatic imine (C=N–C) groups is 1. The molecule has 0 fully saturated rings. The SMILES string of the molecule is C=CC1CN=C(SC)O1. The number of rotatable bonds is 1. The molecular formula is C6H9NOS. The summed E-state index contributed by atoms with van der Waals surface area (Å²) in [6, 6.07) is 0. The van der Waals surface area contributed by atoms with E-state index in [0.29, 0.717) is 0 Å². The molecule has 1 rings (SSSR count). The molecule has 0 bridgehead atoms. The fourth-order valence-electron chi connectivity index (χ4n) is 0.604. The van der Waals surface area contributed by atoms with Crippen LogP contribution < -0.4 is 0 Å². The van der Waals surface area contributed by atoms with E-state index < -0.39 is 0 Å². The summed E-state index contributed by atoms with van der Waals surface area (Å²) in [7, 11) is 0. The first-order valence-electron chi connectivity index (χ1n) is 2.74. The number of hydrogen-bond acceptors (Lipinski definition) is 3. The Morgan fingerprint density at radius 2 is 2.78 bits per heavy atom. The van der Waals surface area contributed by atoms with E-state index in [1.807, 2.05) is 6.26 Å². The third-order valence-corrected chi connectivity index (χ3v) is 1.66. The second kappa shape index (κ2) is 2.92. The normalized spacial score (nSPS) is 25.0. The van der Waals surface area contributed by atoms with Crippen molar-refractivity contribution in [2.45, 2.75) is 6.10 Å². The van der Waals surface area contributed by atoms with Gasteiger partial charge in [-0.2, -0.15) is 0 Å². The second-order valence-electron chi connectivity index (χ2n) is 1.70. The molecule has 50 valence electrons. The van der Waals surface area contributed by atoms with Gasteiger partial charge in [0.25, 0.3) is 0 Å². The Balaban J connectivity index is 2.39. The van der Waals surface area contributed by atoms with Crippen molar-refractivity contribution in [3.05, 3.63) is 12.7 Å². The lowest BCUT2D eigenvalue weighted by atomic mass is 10.4. The van der Waals surface area contributed by atoms with Crippen LogP contribution in [0.25, 0.3) is 0 Å². The number of nitrogens with zero attached hydrogens (tertiary/aromatic N) is 1. The van der Waals surface area contributed by atoms with Gasteiger partial charge in [0.2, 0.25) is 5.23 Å². The van der Waals surface area contributed by atoms with Crippen LogP contribution in [0.15, 0.2) is 17.6 Å². The van der Waals surface area contributed by atoms with Crippen LogP contribution in [0.3, 0.4) is 0 Å². The minimum atomic E-state index is 0.118. The molecule has 0 radical (unpaired) electrons. The zero-order valence-corrected chi connectivity index (χ0v) is 6.15. The van der Waals surface area contributed by atoms with Crippen LogP contribution in [-0.2, 0) is 4.74 Å². The molecule has 1 unspecified atom stereocenters. The average molecular weight is 143 g/mol. The zero-order valence-electron chi connectivity index (χ0n) is 5.33. The van der Waals surface area contributed by atoms with Gasteiger partial charge in [0.1, 0.15) is 6.10 Å². The zero-order chi connectivity index (χ0) is 6.69. The number of thioether (sulfide) groups is 1. The molecule has 1 atom stereocenters. The van der Waals surface area contributed by atoms with E-state index in [-0.39, 0.29) is 6.10 Å². The van der Waals surface area contributed by atoms with Crippen molar-refractivity contribution in [2.75, 3.05) is 12.8 Å². The predicted molar refractivity (Wildman–Crippen MR) is 40.9 cm³/mol. The molecule has 1 aliphatic rings. The molecule has 0 spiro atoms. The Labute approximate surface area is 59.0 Å². The Morgan fingerprint density at radius 3 is 3.11 bits per heavy atom. The highest BCUT2D eigenvalue weighted by atomic mass is 32.2. The molecule has 9 heavy (non-hydrogen) atoms. The molecule has 0 aliphatic carbocycles. The van der Waals surface area contributed by atoms with E-state index in [1.165, 1.54) is 11.8 Å². The van der Waals surface area contributed by atoms with Crippen molar-refractivity contribution in [1.29, 1.82) is 0 Å². The van der Waals surface area contributed by atoms with Gasteiger partial charge < -0.3 is 4.74 Å². The molecule has 0 amide bonds. The van der Waals surface area contributed by atoms with Crippen LogP contribution in [0.2, 0.25) is 0 Å². The molecule has 0 saturated heterocycles. The minimum Gasteiger partial charge on any atom is -0.464 e. The average Bonchev–Trinajstić information content (AvgIpc) is 2.34. The summed E-state index contributed by atoms with van der Waals surface area (Å²) in [5.41, 5.74) is 0. The lowest BCUT2D eigenvalue weighted by Gasteiger charge is -2.02. The Hall–Kier alpha value is -0.440. The van der Waals surface area contributed by atoms with Gasteiger partial charge in [0.05, 0.1) is 6.54 Å². The molecule has 0 N–H and O–H groups in total. The lowest BCUT2D eigenvalue weighted by molar-refractivity contribution is 0.282. The van der Waals surface area contributed by atoms with Crippen molar-refractivity contribution >= 4 is 17.0 Å². The summed E-state index contributed by atoms with van der Waals surface area (Å²) in [4.78, 5) is 4.09. The van der Waals surface area contributed by atoms with Gasteiger partial charge in [-0.25, -0.2) is 4.99 Å². The summed E-state index contributed by atoms with van der Waals surface area (Å²) in [5.74, 6) is 0. The topological polar surface area (TPSA) is 21.6 Å². The monoisotopic (exact) mass is 143 g/mol. The first-order chi connectivity index (χ1) is 4.36. The van der Waals surface area contributed by atoms with E-state index >= 15 is 0 Å². The van der Waals surface area contributed by atoms with Gasteiger partial charge in [0.15, 0.2) is 0 Å². The molecule has 2 nitrogen and oxygen atoms in total. The maximum atomic E-state index is 5.25. The van der Waals surface area contributed by atoms with Crippen LogP contribution >= 0.6 is 11.8 Å². The lowest BCUT2D eigenvalue weighted by Crippen LogP contribution is -2.06. The highest BCUT2D eigenvalue weighted by Crippen LogP contribution is 2.11. The van der Waals surface area contributed by atoms with Crippen LogP contribution in [0, 0.1) is 0 Å². The summed E-state index contributed by atoms with van der Waals surface area (Å²) >= 11 is 1.53. The van der Waals surface area contributed by atoms with Crippen molar-refractivity contribution in [3.63, 3.8) is 0 Å². The summed E-state index contributed by atoms with van der Waals surface area (Å²) in [5, 5.41) is 0.778. The number of hydrogen-bond donors (Lipinski definition) is 0. The van der Waals surface area contributed by atoms with Crippen molar-refractivity contribution in [2.24, 2.45) is 4.99 Å². The summed E-state index contributed by atoms with van der Waals surface area (Å²) in [6.07, 6.45) is 3.84. The second-order valence-corrected chi connectivity index (χ2v) is 2.46. The number of ether oxygens (including phenoxy) is 1. The third kappa shape index (κ3) is 1.48. The van der Waals surface area contributed by atoms with Gasteiger partial charge in [0, 0.05) is 0 Å². The van der Waals surface area contributed by atoms with Gasteiger partial charge in [-0.3, -0.25) is 0 Å². The highest BCUT2D eigenvalue weighted by Gasteiger charge is 2.14. The van der Waals surface area contributed by atoms with Crippen molar-refractivity contribution < 1.29 is 4.74 Å². The van der Waals surface area contributed by atoms with Gasteiger partial charge in [-0.1, -0.05) is 18.3 Å². The van der Waals surface area contributed by atoms with Crippen molar-refractivity contribution in [1.82, 2.24) is 0 Å². The molecule has 0 aromatic heterocycles. The smallest absolute Gasteiger partial charge is 0.246 e. The fourth-order valence-corrected chi connectivity index (χ4v) is 1.03. The van der Waals surface area contributed by atoms with Crippen LogP contribution in [0.5, 0.6) is 0 Å². The van der Waals surface area contributed by atoms with Gasteiger partial charge >= 0.3 is 0 Å². The maximum Gasteiger partial charge on any atom is 0.246 e. The standard InChI is InChI=1S/C6H9NOS/c1-3-5-4-7-6(8-5)9-2/h3,5H,1,4H2,2H3. The minimum absolute atomic E-state index is 0.118. The van der Waals surface area contributed by atoms with Gasteiger partial charge in [-0.05, 0) is 12.3 Å². The van der Waals surface area contributed by atoms with Crippen LogP contribution in [0.1, 0.15) is 0 Å². The molecule has 3 heteroatoms. The van der Waals surface area contributed by atoms with E-state index in [0.717, 1.165) is 11.8 Å². The first-order valence-corrected chi connectivity index (χ1v) is 3.97. The summed E-state index contributed by atoms with van der Waals surface area (Å²) < 4.78 is 5.25.